The molecule has 0 amide bonds. The van der Waals surface area contributed by atoms with E-state index in [1.165, 1.54) is 13.8 Å². The number of fused-ring (bicyclic) bond motifs is 3. The Labute approximate surface area is 134 Å². The van der Waals surface area contributed by atoms with Crippen LogP contribution in [0.5, 0.6) is 0 Å². The topological polar surface area (TPSA) is 65.1 Å². The molecule has 0 aromatic rings. The van der Waals surface area contributed by atoms with Crippen molar-refractivity contribution in [2.24, 2.45) is 11.8 Å². The van der Waals surface area contributed by atoms with E-state index in [-0.39, 0.29) is 36.0 Å². The Morgan fingerprint density at radius 1 is 0.913 bits per heavy atom. The monoisotopic (exact) mass is 314 g/mol. The summed E-state index contributed by atoms with van der Waals surface area (Å²) in [5.74, 6) is 0.470. The van der Waals surface area contributed by atoms with Crippen LogP contribution in [0.25, 0.3) is 0 Å². The van der Waals surface area contributed by atoms with E-state index in [0.717, 1.165) is 11.1 Å². The Morgan fingerprint density at radius 2 is 1.35 bits per heavy atom. The first-order valence-corrected chi connectivity index (χ1v) is 7.88. The van der Waals surface area contributed by atoms with E-state index in [2.05, 4.69) is 0 Å². The van der Waals surface area contributed by atoms with Crippen molar-refractivity contribution in [1.29, 1.82) is 0 Å². The van der Waals surface area contributed by atoms with Crippen molar-refractivity contribution in [3.05, 3.63) is 47.0 Å². The predicted octanol–water partition coefficient (Wildman–Crippen LogP) is 2.55. The molecular weight excluding hydrogens is 296 g/mol. The number of rotatable bonds is 2. The molecule has 1 saturated carbocycles. The molecule has 4 rings (SSSR count). The van der Waals surface area contributed by atoms with E-state index in [0.29, 0.717) is 24.4 Å². The van der Waals surface area contributed by atoms with Crippen molar-refractivity contribution >= 4 is 11.9 Å². The Kier molecular flexibility index (Phi) is 3.27. The Hall–Kier alpha value is -2.14. The quantitative estimate of drug-likeness (QED) is 0.579. The van der Waals surface area contributed by atoms with Crippen LogP contribution in [-0.4, -0.2) is 24.1 Å². The number of hydrogen-bond donors (Lipinski definition) is 0. The van der Waals surface area contributed by atoms with Crippen LogP contribution in [-0.2, 0) is 23.8 Å². The van der Waals surface area contributed by atoms with E-state index in [4.69, 9.17) is 14.2 Å². The molecule has 0 aromatic heterocycles. The average Bonchev–Trinajstić information content (AvgIpc) is 3.26. The first-order valence-electron chi connectivity index (χ1n) is 7.88. The van der Waals surface area contributed by atoms with Gasteiger partial charge in [-0.05, 0) is 0 Å². The van der Waals surface area contributed by atoms with Gasteiger partial charge in [0.2, 0.25) is 0 Å². The van der Waals surface area contributed by atoms with Gasteiger partial charge in [0.25, 0.3) is 0 Å². The summed E-state index contributed by atoms with van der Waals surface area (Å²) in [6, 6.07) is 0. The van der Waals surface area contributed by atoms with Crippen molar-refractivity contribution in [1.82, 2.24) is 0 Å². The molecule has 23 heavy (non-hydrogen) atoms. The molecule has 120 valence electrons. The lowest BCUT2D eigenvalue weighted by Crippen LogP contribution is -2.31. The van der Waals surface area contributed by atoms with Crippen LogP contribution in [0.1, 0.15) is 26.7 Å². The van der Waals surface area contributed by atoms with Gasteiger partial charge in [0.05, 0.1) is 12.2 Å². The highest BCUT2D eigenvalue weighted by molar-refractivity contribution is 5.70. The highest BCUT2D eigenvalue weighted by Crippen LogP contribution is 2.52. The zero-order chi connectivity index (χ0) is 16.1. The predicted molar refractivity (Wildman–Crippen MR) is 80.7 cm³/mol. The highest BCUT2D eigenvalue weighted by Gasteiger charge is 2.50. The number of epoxide rings is 1. The van der Waals surface area contributed by atoms with Crippen molar-refractivity contribution in [2.45, 2.75) is 38.9 Å². The van der Waals surface area contributed by atoms with E-state index in [9.17, 15) is 9.59 Å². The lowest BCUT2D eigenvalue weighted by Gasteiger charge is -2.36. The Balaban J connectivity index is 1.85. The zero-order valence-electron chi connectivity index (χ0n) is 13.1. The van der Waals surface area contributed by atoms with Gasteiger partial charge in [-0.2, -0.15) is 0 Å². The molecule has 1 aliphatic heterocycles. The lowest BCUT2D eigenvalue weighted by atomic mass is 9.72. The smallest absolute Gasteiger partial charge is 0.307 e. The molecular formula is C18H18O5. The maximum atomic E-state index is 11.6. The van der Waals surface area contributed by atoms with Gasteiger partial charge < -0.3 is 14.2 Å². The molecule has 0 aromatic carbocycles. The molecule has 1 saturated heterocycles. The fourth-order valence-electron chi connectivity index (χ4n) is 3.77. The fourth-order valence-corrected chi connectivity index (χ4v) is 3.77. The standard InChI is InChI=1S/C18H18O5/c1-9(19)21-17-11-5-3-4-6-12(11)18(22-10(2)20)14-8-16-15(23-16)7-13(14)17/h3-6,11-12,15-16H,7-8H2,1-2H3. The molecule has 0 radical (unpaired) electrons. The van der Waals surface area contributed by atoms with Gasteiger partial charge in [-0.15, -0.1) is 0 Å². The molecule has 0 bridgehead atoms. The second-order valence-corrected chi connectivity index (χ2v) is 6.32. The summed E-state index contributed by atoms with van der Waals surface area (Å²) in [5.41, 5.74) is 1.94. The van der Waals surface area contributed by atoms with Crippen LogP contribution in [0.15, 0.2) is 47.0 Å². The van der Waals surface area contributed by atoms with Gasteiger partial charge in [-0.1, -0.05) is 24.3 Å². The average molecular weight is 314 g/mol. The van der Waals surface area contributed by atoms with Crippen molar-refractivity contribution in [2.75, 3.05) is 0 Å². The Bertz CT molecular complexity index is 649. The van der Waals surface area contributed by atoms with Gasteiger partial charge in [-0.3, -0.25) is 9.59 Å². The molecule has 0 spiro atoms. The van der Waals surface area contributed by atoms with Crippen molar-refractivity contribution < 1.29 is 23.8 Å². The highest BCUT2D eigenvalue weighted by atomic mass is 16.6. The summed E-state index contributed by atoms with van der Waals surface area (Å²) in [6.45, 7) is 2.82. The number of allylic oxidation sites excluding steroid dienone is 4. The summed E-state index contributed by atoms with van der Waals surface area (Å²) in [4.78, 5) is 23.2. The molecule has 5 nitrogen and oxygen atoms in total. The van der Waals surface area contributed by atoms with Crippen LogP contribution in [0, 0.1) is 11.8 Å². The maximum Gasteiger partial charge on any atom is 0.307 e. The molecule has 0 N–H and O–H groups in total. The summed E-state index contributed by atoms with van der Waals surface area (Å²) in [7, 11) is 0. The number of ether oxygens (including phenoxy) is 3. The van der Waals surface area contributed by atoms with Crippen molar-refractivity contribution in [3.8, 4) is 0 Å². The number of carbonyl (C=O) groups excluding carboxylic acids is 2. The number of carbonyl (C=O) groups is 2. The Morgan fingerprint density at radius 3 is 1.74 bits per heavy atom. The molecule has 5 heteroatoms. The van der Waals surface area contributed by atoms with Crippen LogP contribution < -0.4 is 0 Å². The normalized spacial score (nSPS) is 33.7. The molecule has 4 atom stereocenters. The second-order valence-electron chi connectivity index (χ2n) is 6.32. The molecule has 4 unspecified atom stereocenters. The largest absolute Gasteiger partial charge is 0.430 e. The van der Waals surface area contributed by atoms with Gasteiger partial charge >= 0.3 is 11.9 Å². The molecule has 2 fully saturated rings. The minimum Gasteiger partial charge on any atom is -0.430 e. The van der Waals surface area contributed by atoms with Crippen molar-refractivity contribution in [3.63, 3.8) is 0 Å². The van der Waals surface area contributed by atoms with Crippen LogP contribution >= 0.6 is 0 Å². The summed E-state index contributed by atoms with van der Waals surface area (Å²) in [6.07, 6.45) is 9.64. The summed E-state index contributed by atoms with van der Waals surface area (Å²) < 4.78 is 16.8. The first-order chi connectivity index (χ1) is 11.0. The lowest BCUT2D eigenvalue weighted by molar-refractivity contribution is -0.140. The number of hydrogen-bond acceptors (Lipinski definition) is 5. The third-order valence-electron chi connectivity index (χ3n) is 4.71. The maximum absolute atomic E-state index is 11.6. The second kappa shape index (κ2) is 5.20. The van der Waals surface area contributed by atoms with Gasteiger partial charge in [0.15, 0.2) is 0 Å². The number of esters is 2. The third-order valence-corrected chi connectivity index (χ3v) is 4.71. The molecule has 1 heterocycles. The van der Waals surface area contributed by atoms with Crippen LogP contribution in [0.4, 0.5) is 0 Å². The SMILES string of the molecule is CC(=O)OC1=C2CC3OC3CC2=C(OC(C)=O)C2C=CC=CC12. The first kappa shape index (κ1) is 14.5. The van der Waals surface area contributed by atoms with E-state index < -0.39 is 0 Å². The summed E-state index contributed by atoms with van der Waals surface area (Å²) >= 11 is 0. The summed E-state index contributed by atoms with van der Waals surface area (Å²) in [5, 5.41) is 0. The van der Waals surface area contributed by atoms with Gasteiger partial charge in [-0.25, -0.2) is 0 Å². The minimum absolute atomic E-state index is 0.118. The van der Waals surface area contributed by atoms with E-state index >= 15 is 0 Å². The van der Waals surface area contributed by atoms with Crippen LogP contribution in [0.2, 0.25) is 0 Å². The third kappa shape index (κ3) is 2.45. The van der Waals surface area contributed by atoms with Gasteiger partial charge in [0.1, 0.15) is 11.5 Å². The van der Waals surface area contributed by atoms with E-state index in [1.807, 2.05) is 24.3 Å². The minimum atomic E-state index is -0.330. The van der Waals surface area contributed by atoms with Crippen LogP contribution in [0.3, 0.4) is 0 Å². The zero-order valence-corrected chi connectivity index (χ0v) is 13.1. The molecule has 3 aliphatic carbocycles. The van der Waals surface area contributed by atoms with Gasteiger partial charge in [0, 0.05) is 49.7 Å². The molecule has 4 aliphatic rings. The van der Waals surface area contributed by atoms with E-state index in [1.54, 1.807) is 0 Å². The fraction of sp³-hybridized carbons (Fsp3) is 0.444.